The normalized spacial score (nSPS) is 12.1. The van der Waals surface area contributed by atoms with Gasteiger partial charge in [-0.3, -0.25) is 14.9 Å². The summed E-state index contributed by atoms with van der Waals surface area (Å²) in [6.07, 6.45) is 0.557. The average Bonchev–Trinajstić information content (AvgIpc) is 2.37. The summed E-state index contributed by atoms with van der Waals surface area (Å²) in [4.78, 5) is 22.1. The van der Waals surface area contributed by atoms with Crippen LogP contribution < -0.4 is 15.8 Å². The molecule has 7 nitrogen and oxygen atoms in total. The number of nitrogens with one attached hydrogen (secondary N) is 1. The second-order valence-corrected chi connectivity index (χ2v) is 4.87. The molecule has 0 bridgehead atoms. The first-order chi connectivity index (χ1) is 9.35. The first kappa shape index (κ1) is 15.9. The zero-order chi connectivity index (χ0) is 15.3. The van der Waals surface area contributed by atoms with Gasteiger partial charge in [-0.25, -0.2) is 0 Å². The molecule has 0 radical (unpaired) electrons. The number of ether oxygens (including phenoxy) is 1. The Balaban J connectivity index is 2.86. The highest BCUT2D eigenvalue weighted by atomic mass is 16.6. The minimum Gasteiger partial charge on any atom is -0.494 e. The molecule has 0 aliphatic carbocycles. The Hall–Kier alpha value is -2.15. The Morgan fingerprint density at radius 3 is 2.65 bits per heavy atom. The van der Waals surface area contributed by atoms with Crippen molar-refractivity contribution >= 4 is 17.3 Å². The lowest BCUT2D eigenvalue weighted by Gasteiger charge is -2.15. The number of carbonyl (C=O) groups is 1. The fourth-order valence-electron chi connectivity index (χ4n) is 1.74. The number of carbonyl (C=O) groups excluding carboxylic acids is 1. The minimum absolute atomic E-state index is 0.105. The summed E-state index contributed by atoms with van der Waals surface area (Å²) in [5.74, 6) is 0.185. The van der Waals surface area contributed by atoms with E-state index in [4.69, 9.17) is 10.5 Å². The lowest BCUT2D eigenvalue weighted by molar-refractivity contribution is -0.384. The van der Waals surface area contributed by atoms with E-state index in [0.717, 1.165) is 0 Å². The van der Waals surface area contributed by atoms with E-state index >= 15 is 0 Å². The number of nitrogens with zero attached hydrogens (tertiary/aromatic N) is 1. The quantitative estimate of drug-likeness (QED) is 0.611. The summed E-state index contributed by atoms with van der Waals surface area (Å²) in [6.45, 7) is 3.94. The van der Waals surface area contributed by atoms with Gasteiger partial charge in [-0.15, -0.1) is 0 Å². The standard InChI is InChI=1S/C13H19N3O4/c1-8(2)6-10(14)13(17)15-11-5-4-9(16(18)19)7-12(11)20-3/h4-5,7-8,10H,6,14H2,1-3H3,(H,15,17)/t10-/m0/s1. The molecule has 0 heterocycles. The molecule has 1 aromatic carbocycles. The van der Waals surface area contributed by atoms with Crippen molar-refractivity contribution < 1.29 is 14.5 Å². The zero-order valence-electron chi connectivity index (χ0n) is 11.8. The molecule has 110 valence electrons. The van der Waals surface area contributed by atoms with Crippen molar-refractivity contribution in [1.82, 2.24) is 0 Å². The first-order valence-corrected chi connectivity index (χ1v) is 6.24. The van der Waals surface area contributed by atoms with E-state index in [1.165, 1.54) is 25.3 Å². The van der Waals surface area contributed by atoms with Crippen molar-refractivity contribution in [2.45, 2.75) is 26.3 Å². The van der Waals surface area contributed by atoms with E-state index in [-0.39, 0.29) is 17.3 Å². The number of non-ortho nitro benzene ring substituents is 1. The molecule has 0 aromatic heterocycles. The van der Waals surface area contributed by atoms with Gasteiger partial charge in [0.25, 0.3) is 5.69 Å². The number of anilines is 1. The van der Waals surface area contributed by atoms with E-state index in [1.54, 1.807) is 0 Å². The molecule has 1 rings (SSSR count). The molecule has 0 unspecified atom stereocenters. The lowest BCUT2D eigenvalue weighted by atomic mass is 10.0. The molecule has 3 N–H and O–H groups in total. The fourth-order valence-corrected chi connectivity index (χ4v) is 1.74. The summed E-state index contributed by atoms with van der Waals surface area (Å²) in [7, 11) is 1.38. The van der Waals surface area contributed by atoms with Crippen LogP contribution in [0, 0.1) is 16.0 Å². The maximum absolute atomic E-state index is 11.9. The summed E-state index contributed by atoms with van der Waals surface area (Å²) in [5, 5.41) is 13.3. The number of hydrogen-bond acceptors (Lipinski definition) is 5. The van der Waals surface area contributed by atoms with E-state index in [0.29, 0.717) is 18.0 Å². The third kappa shape index (κ3) is 4.20. The van der Waals surface area contributed by atoms with Gasteiger partial charge < -0.3 is 15.8 Å². The number of amides is 1. The third-order valence-corrected chi connectivity index (χ3v) is 2.72. The molecule has 1 aromatic rings. The zero-order valence-corrected chi connectivity index (χ0v) is 11.8. The number of nitro benzene ring substituents is 1. The molecular formula is C13H19N3O4. The Morgan fingerprint density at radius 2 is 2.15 bits per heavy atom. The Labute approximate surface area is 117 Å². The maximum atomic E-state index is 11.9. The number of methoxy groups -OCH3 is 1. The Morgan fingerprint density at radius 1 is 1.50 bits per heavy atom. The summed E-state index contributed by atoms with van der Waals surface area (Å²) < 4.78 is 5.04. The molecule has 0 saturated carbocycles. The average molecular weight is 281 g/mol. The van der Waals surface area contributed by atoms with E-state index in [9.17, 15) is 14.9 Å². The van der Waals surface area contributed by atoms with Crippen molar-refractivity contribution in [3.63, 3.8) is 0 Å². The molecule has 7 heteroatoms. The molecule has 0 aliphatic rings. The predicted octanol–water partition coefficient (Wildman–Crippen LogP) is 1.92. The predicted molar refractivity (Wildman–Crippen MR) is 75.7 cm³/mol. The largest absolute Gasteiger partial charge is 0.494 e. The number of nitrogens with two attached hydrogens (primary N) is 1. The second-order valence-electron chi connectivity index (χ2n) is 4.87. The van der Waals surface area contributed by atoms with Crippen LogP contribution in [0.4, 0.5) is 11.4 Å². The van der Waals surface area contributed by atoms with Gasteiger partial charge in [-0.05, 0) is 18.4 Å². The second kappa shape index (κ2) is 6.85. The molecule has 0 spiro atoms. The van der Waals surface area contributed by atoms with Gasteiger partial charge in [0, 0.05) is 6.07 Å². The highest BCUT2D eigenvalue weighted by molar-refractivity contribution is 5.96. The van der Waals surface area contributed by atoms with Crippen LogP contribution in [-0.4, -0.2) is 24.0 Å². The maximum Gasteiger partial charge on any atom is 0.273 e. The monoisotopic (exact) mass is 281 g/mol. The Kier molecular flexibility index (Phi) is 5.45. The van der Waals surface area contributed by atoms with Crippen molar-refractivity contribution in [3.8, 4) is 5.75 Å². The van der Waals surface area contributed by atoms with Crippen LogP contribution in [0.15, 0.2) is 18.2 Å². The lowest BCUT2D eigenvalue weighted by Crippen LogP contribution is -2.36. The van der Waals surface area contributed by atoms with Gasteiger partial charge in [0.15, 0.2) is 0 Å². The number of nitro groups is 1. The Bertz CT molecular complexity index is 502. The highest BCUT2D eigenvalue weighted by Gasteiger charge is 2.18. The smallest absolute Gasteiger partial charge is 0.273 e. The van der Waals surface area contributed by atoms with Gasteiger partial charge in [0.05, 0.1) is 29.8 Å². The molecule has 0 fully saturated rings. The van der Waals surface area contributed by atoms with Crippen LogP contribution in [0.3, 0.4) is 0 Å². The van der Waals surface area contributed by atoms with Crippen molar-refractivity contribution in [3.05, 3.63) is 28.3 Å². The van der Waals surface area contributed by atoms with Crippen molar-refractivity contribution in [2.24, 2.45) is 11.7 Å². The van der Waals surface area contributed by atoms with Crippen molar-refractivity contribution in [2.75, 3.05) is 12.4 Å². The number of hydrogen-bond donors (Lipinski definition) is 2. The van der Waals surface area contributed by atoms with Crippen LogP contribution in [-0.2, 0) is 4.79 Å². The molecule has 0 aliphatic heterocycles. The third-order valence-electron chi connectivity index (χ3n) is 2.72. The van der Waals surface area contributed by atoms with Gasteiger partial charge >= 0.3 is 0 Å². The van der Waals surface area contributed by atoms with E-state index in [1.807, 2.05) is 13.8 Å². The molecule has 1 amide bonds. The van der Waals surface area contributed by atoms with Crippen LogP contribution >= 0.6 is 0 Å². The highest BCUT2D eigenvalue weighted by Crippen LogP contribution is 2.29. The van der Waals surface area contributed by atoms with Crippen LogP contribution in [0.5, 0.6) is 5.75 Å². The minimum atomic E-state index is -0.630. The SMILES string of the molecule is COc1cc([N+](=O)[O-])ccc1NC(=O)[C@@H](N)CC(C)C. The number of rotatable bonds is 6. The van der Waals surface area contributed by atoms with E-state index in [2.05, 4.69) is 5.32 Å². The molecule has 1 atom stereocenters. The van der Waals surface area contributed by atoms with Crippen LogP contribution in [0.1, 0.15) is 20.3 Å². The van der Waals surface area contributed by atoms with Gasteiger partial charge in [0.2, 0.25) is 5.91 Å². The van der Waals surface area contributed by atoms with Gasteiger partial charge in [-0.2, -0.15) is 0 Å². The summed E-state index contributed by atoms with van der Waals surface area (Å²) in [6, 6.07) is 3.35. The summed E-state index contributed by atoms with van der Waals surface area (Å²) in [5.41, 5.74) is 6.03. The molecule has 0 saturated heterocycles. The van der Waals surface area contributed by atoms with Crippen molar-refractivity contribution in [1.29, 1.82) is 0 Å². The molecular weight excluding hydrogens is 262 g/mol. The van der Waals surface area contributed by atoms with Gasteiger partial charge in [0.1, 0.15) is 5.75 Å². The van der Waals surface area contributed by atoms with Crippen LogP contribution in [0.2, 0.25) is 0 Å². The number of benzene rings is 1. The first-order valence-electron chi connectivity index (χ1n) is 6.24. The topological polar surface area (TPSA) is 107 Å². The summed E-state index contributed by atoms with van der Waals surface area (Å²) >= 11 is 0. The fraction of sp³-hybridized carbons (Fsp3) is 0.462. The van der Waals surface area contributed by atoms with Crippen LogP contribution in [0.25, 0.3) is 0 Å². The van der Waals surface area contributed by atoms with Gasteiger partial charge in [-0.1, -0.05) is 13.8 Å². The molecule has 20 heavy (non-hydrogen) atoms. The van der Waals surface area contributed by atoms with E-state index < -0.39 is 11.0 Å².